The van der Waals surface area contributed by atoms with Crippen molar-refractivity contribution >= 4 is 11.6 Å². The van der Waals surface area contributed by atoms with Crippen LogP contribution in [-0.4, -0.2) is 34.0 Å². The largest absolute Gasteiger partial charge is 0.493 e. The molecule has 0 radical (unpaired) electrons. The minimum Gasteiger partial charge on any atom is -0.493 e. The molecule has 0 aliphatic rings. The van der Waals surface area contributed by atoms with Crippen LogP contribution in [-0.2, 0) is 11.3 Å². The van der Waals surface area contributed by atoms with E-state index in [1.165, 1.54) is 0 Å². The Bertz CT molecular complexity index is 438. The molecule has 0 atom stereocenters. The normalized spacial score (nSPS) is 10.4. The van der Waals surface area contributed by atoms with Crippen LogP contribution in [0.15, 0.2) is 24.8 Å². The van der Waals surface area contributed by atoms with E-state index >= 15 is 0 Å². The van der Waals surface area contributed by atoms with E-state index in [-0.39, 0.29) is 0 Å². The van der Waals surface area contributed by atoms with Crippen LogP contribution in [0.2, 0.25) is 5.02 Å². The fourth-order valence-corrected chi connectivity index (χ4v) is 2.11. The van der Waals surface area contributed by atoms with Crippen molar-refractivity contribution in [2.45, 2.75) is 19.4 Å². The van der Waals surface area contributed by atoms with Gasteiger partial charge in [0.2, 0.25) is 0 Å². The van der Waals surface area contributed by atoms with Gasteiger partial charge >= 0.3 is 0 Å². The number of benzene rings is 1. The highest BCUT2D eigenvalue weighted by Gasteiger charge is 2.11. The van der Waals surface area contributed by atoms with E-state index in [1.807, 2.05) is 18.2 Å². The predicted octanol–water partition coefficient (Wildman–Crippen LogP) is 3.43. The fraction of sp³-hybridized carbons (Fsp3) is 0.500. The maximum Gasteiger partial charge on any atom is 0.179 e. The Hall–Kier alpha value is -1.23. The zero-order valence-corrected chi connectivity index (χ0v) is 13.5. The third-order valence-electron chi connectivity index (χ3n) is 2.90. The van der Waals surface area contributed by atoms with E-state index in [0.29, 0.717) is 36.3 Å². The minimum absolute atomic E-state index is 0.566. The van der Waals surface area contributed by atoms with Crippen molar-refractivity contribution in [3.05, 3.63) is 35.4 Å². The average Bonchev–Trinajstić information content (AvgIpc) is 2.49. The van der Waals surface area contributed by atoms with Crippen molar-refractivity contribution in [3.63, 3.8) is 0 Å². The molecule has 5 heteroatoms. The molecule has 1 rings (SSSR count). The molecule has 0 spiro atoms. The molecule has 0 aliphatic carbocycles. The third kappa shape index (κ3) is 6.38. The molecule has 4 nitrogen and oxygen atoms in total. The van der Waals surface area contributed by atoms with Gasteiger partial charge in [-0.3, -0.25) is 0 Å². The molecule has 0 aliphatic heterocycles. The molecule has 0 bridgehead atoms. The standard InChI is InChI=1S/C16H24ClNO3/c1-4-5-6-8-21-16-14(17)10-13(11-15(16)20-3)12-18-7-9-19-2/h4,10-11,18H,1,5-9,12H2,2-3H3. The number of rotatable bonds is 11. The zero-order chi connectivity index (χ0) is 15.5. The van der Waals surface area contributed by atoms with Crippen molar-refractivity contribution in [1.29, 1.82) is 0 Å². The summed E-state index contributed by atoms with van der Waals surface area (Å²) < 4.78 is 16.1. The number of hydrogen-bond donors (Lipinski definition) is 1. The van der Waals surface area contributed by atoms with Gasteiger partial charge in [-0.2, -0.15) is 0 Å². The second-order valence-corrected chi connectivity index (χ2v) is 4.97. The highest BCUT2D eigenvalue weighted by molar-refractivity contribution is 6.32. The number of ether oxygens (including phenoxy) is 3. The van der Waals surface area contributed by atoms with Gasteiger partial charge in [0.25, 0.3) is 0 Å². The highest BCUT2D eigenvalue weighted by Crippen LogP contribution is 2.36. The van der Waals surface area contributed by atoms with E-state index in [2.05, 4.69) is 11.9 Å². The summed E-state index contributed by atoms with van der Waals surface area (Å²) in [5.74, 6) is 1.26. The SMILES string of the molecule is C=CCCCOc1c(Cl)cc(CNCCOC)cc1OC. The lowest BCUT2D eigenvalue weighted by molar-refractivity contribution is 0.199. The lowest BCUT2D eigenvalue weighted by atomic mass is 10.2. The molecule has 0 heterocycles. The molecule has 1 N–H and O–H groups in total. The van der Waals surface area contributed by atoms with Gasteiger partial charge in [0, 0.05) is 20.2 Å². The maximum absolute atomic E-state index is 6.29. The van der Waals surface area contributed by atoms with Crippen LogP contribution in [0.4, 0.5) is 0 Å². The first-order chi connectivity index (χ1) is 10.2. The number of methoxy groups -OCH3 is 2. The van der Waals surface area contributed by atoms with E-state index in [4.69, 9.17) is 25.8 Å². The van der Waals surface area contributed by atoms with Crippen LogP contribution >= 0.6 is 11.6 Å². The number of hydrogen-bond acceptors (Lipinski definition) is 4. The molecule has 0 amide bonds. The molecule has 0 saturated heterocycles. The minimum atomic E-state index is 0.566. The number of allylic oxidation sites excluding steroid dienone is 1. The number of nitrogens with one attached hydrogen (secondary N) is 1. The predicted molar refractivity (Wildman–Crippen MR) is 86.5 cm³/mol. The third-order valence-corrected chi connectivity index (χ3v) is 3.18. The van der Waals surface area contributed by atoms with Crippen molar-refractivity contribution in [2.24, 2.45) is 0 Å². The lowest BCUT2D eigenvalue weighted by Gasteiger charge is -2.14. The number of halogens is 1. The second kappa shape index (κ2) is 10.5. The van der Waals surface area contributed by atoms with Crippen LogP contribution < -0.4 is 14.8 Å². The van der Waals surface area contributed by atoms with Crippen molar-refractivity contribution in [3.8, 4) is 11.5 Å². The Balaban J connectivity index is 2.65. The molecular formula is C16H24ClNO3. The molecular weight excluding hydrogens is 290 g/mol. The monoisotopic (exact) mass is 313 g/mol. The van der Waals surface area contributed by atoms with Gasteiger partial charge in [0.05, 0.1) is 25.3 Å². The van der Waals surface area contributed by atoms with Gasteiger partial charge < -0.3 is 19.5 Å². The highest BCUT2D eigenvalue weighted by atomic mass is 35.5. The smallest absolute Gasteiger partial charge is 0.179 e. The van der Waals surface area contributed by atoms with Crippen LogP contribution in [0.5, 0.6) is 11.5 Å². The van der Waals surface area contributed by atoms with Crippen LogP contribution in [0.25, 0.3) is 0 Å². The molecule has 1 aromatic carbocycles. The second-order valence-electron chi connectivity index (χ2n) is 4.56. The van der Waals surface area contributed by atoms with Gasteiger partial charge in [-0.25, -0.2) is 0 Å². The Morgan fingerprint density at radius 3 is 2.76 bits per heavy atom. The van der Waals surface area contributed by atoms with E-state index in [1.54, 1.807) is 14.2 Å². The molecule has 118 valence electrons. The van der Waals surface area contributed by atoms with Crippen LogP contribution in [0, 0.1) is 0 Å². The topological polar surface area (TPSA) is 39.7 Å². The first-order valence-electron chi connectivity index (χ1n) is 7.02. The van der Waals surface area contributed by atoms with Crippen molar-refractivity contribution in [2.75, 3.05) is 34.0 Å². The average molecular weight is 314 g/mol. The van der Waals surface area contributed by atoms with E-state index < -0.39 is 0 Å². The quantitative estimate of drug-likeness (QED) is 0.502. The molecule has 0 saturated carbocycles. The Morgan fingerprint density at radius 2 is 2.10 bits per heavy atom. The zero-order valence-electron chi connectivity index (χ0n) is 12.8. The van der Waals surface area contributed by atoms with Crippen LogP contribution in [0.1, 0.15) is 18.4 Å². The number of unbranched alkanes of at least 4 members (excludes halogenated alkanes) is 1. The first kappa shape index (κ1) is 17.8. The summed E-state index contributed by atoms with van der Waals surface area (Å²) in [7, 11) is 3.30. The van der Waals surface area contributed by atoms with Gasteiger partial charge in [-0.15, -0.1) is 6.58 Å². The van der Waals surface area contributed by atoms with Gasteiger partial charge in [0.1, 0.15) is 0 Å². The van der Waals surface area contributed by atoms with Gasteiger partial charge in [-0.1, -0.05) is 17.7 Å². The maximum atomic E-state index is 6.29. The summed E-state index contributed by atoms with van der Waals surface area (Å²) in [5, 5.41) is 3.84. The van der Waals surface area contributed by atoms with Gasteiger partial charge in [-0.05, 0) is 30.5 Å². The molecule has 21 heavy (non-hydrogen) atoms. The first-order valence-corrected chi connectivity index (χ1v) is 7.40. The molecule has 0 aromatic heterocycles. The summed E-state index contributed by atoms with van der Waals surface area (Å²) in [5.41, 5.74) is 1.05. The van der Waals surface area contributed by atoms with Crippen molar-refractivity contribution in [1.82, 2.24) is 5.32 Å². The summed E-state index contributed by atoms with van der Waals surface area (Å²) in [6.07, 6.45) is 3.70. The van der Waals surface area contributed by atoms with E-state index in [0.717, 1.165) is 24.9 Å². The fourth-order valence-electron chi connectivity index (χ4n) is 1.82. The Labute approximate surface area is 132 Å². The summed E-state index contributed by atoms with van der Waals surface area (Å²) >= 11 is 6.29. The molecule has 0 fully saturated rings. The Morgan fingerprint density at radius 1 is 1.29 bits per heavy atom. The van der Waals surface area contributed by atoms with Gasteiger partial charge in [0.15, 0.2) is 11.5 Å². The summed E-state index contributed by atoms with van der Waals surface area (Å²) in [4.78, 5) is 0. The lowest BCUT2D eigenvalue weighted by Crippen LogP contribution is -2.18. The van der Waals surface area contributed by atoms with Crippen LogP contribution in [0.3, 0.4) is 0 Å². The Kier molecular flexibility index (Phi) is 8.90. The molecule has 1 aromatic rings. The molecule has 0 unspecified atom stereocenters. The summed E-state index contributed by atoms with van der Waals surface area (Å²) in [6.45, 7) is 6.45. The van der Waals surface area contributed by atoms with E-state index in [9.17, 15) is 0 Å². The van der Waals surface area contributed by atoms with Crippen molar-refractivity contribution < 1.29 is 14.2 Å². The summed E-state index contributed by atoms with van der Waals surface area (Å²) in [6, 6.07) is 3.83.